The molecule has 0 radical (unpaired) electrons. The lowest BCUT2D eigenvalue weighted by atomic mass is 9.78. The van der Waals surface area contributed by atoms with Crippen molar-refractivity contribution in [1.29, 1.82) is 0 Å². The van der Waals surface area contributed by atoms with Crippen molar-refractivity contribution in [2.45, 2.75) is 51.0 Å². The van der Waals surface area contributed by atoms with Crippen molar-refractivity contribution < 1.29 is 4.79 Å². The van der Waals surface area contributed by atoms with Crippen molar-refractivity contribution in [2.24, 2.45) is 11.7 Å². The molecular weight excluding hydrogens is 364 g/mol. The maximum Gasteiger partial charge on any atom is 0.224 e. The van der Waals surface area contributed by atoms with Crippen LogP contribution >= 0.6 is 28.3 Å². The van der Waals surface area contributed by atoms with Gasteiger partial charge in [-0.25, -0.2) is 0 Å². The first-order valence-electron chi connectivity index (χ1n) is 7.74. The molecule has 3 nitrogen and oxygen atoms in total. The smallest absolute Gasteiger partial charge is 0.224 e. The summed E-state index contributed by atoms with van der Waals surface area (Å²) in [5, 5.41) is 3.13. The molecule has 22 heavy (non-hydrogen) atoms. The fraction of sp³-hybridized carbons (Fsp3) is 0.588. The Morgan fingerprint density at radius 1 is 1.27 bits per heavy atom. The van der Waals surface area contributed by atoms with Crippen LogP contribution in [0.25, 0.3) is 0 Å². The number of rotatable bonds is 5. The second kappa shape index (κ2) is 8.32. The molecule has 124 valence electrons. The molecule has 0 saturated heterocycles. The highest BCUT2D eigenvalue weighted by atomic mass is 79.9. The Bertz CT molecular complexity index is 484. The van der Waals surface area contributed by atoms with Gasteiger partial charge in [0.05, 0.1) is 0 Å². The summed E-state index contributed by atoms with van der Waals surface area (Å²) in [5.74, 6) is -0.0817. The Morgan fingerprint density at radius 2 is 1.82 bits per heavy atom. The summed E-state index contributed by atoms with van der Waals surface area (Å²) in [6.07, 6.45) is 4.74. The van der Waals surface area contributed by atoms with E-state index in [0.29, 0.717) is 6.54 Å². The van der Waals surface area contributed by atoms with E-state index in [4.69, 9.17) is 5.73 Å². The van der Waals surface area contributed by atoms with E-state index in [2.05, 4.69) is 45.5 Å². The van der Waals surface area contributed by atoms with Gasteiger partial charge in [-0.15, -0.1) is 12.4 Å². The second-order valence-electron chi connectivity index (χ2n) is 6.36. The topological polar surface area (TPSA) is 55.1 Å². The van der Waals surface area contributed by atoms with E-state index in [1.165, 1.54) is 18.4 Å². The lowest BCUT2D eigenvalue weighted by Gasteiger charge is -2.31. The van der Waals surface area contributed by atoms with Crippen LogP contribution in [-0.4, -0.2) is 18.5 Å². The number of halogens is 2. The highest BCUT2D eigenvalue weighted by molar-refractivity contribution is 9.10. The summed E-state index contributed by atoms with van der Waals surface area (Å²) in [7, 11) is 0. The summed E-state index contributed by atoms with van der Waals surface area (Å²) in [5.41, 5.74) is 7.24. The molecule has 0 bridgehead atoms. The predicted molar refractivity (Wildman–Crippen MR) is 97.4 cm³/mol. The third-order valence-electron chi connectivity index (χ3n) is 4.82. The van der Waals surface area contributed by atoms with Crippen LogP contribution in [0.2, 0.25) is 0 Å². The van der Waals surface area contributed by atoms with E-state index >= 15 is 0 Å². The van der Waals surface area contributed by atoms with Crippen LogP contribution in [0.3, 0.4) is 0 Å². The van der Waals surface area contributed by atoms with Gasteiger partial charge in [0.15, 0.2) is 0 Å². The molecule has 0 heterocycles. The van der Waals surface area contributed by atoms with Crippen molar-refractivity contribution in [3.8, 4) is 0 Å². The number of carbonyl (C=O) groups excluding carboxylic acids is 1. The van der Waals surface area contributed by atoms with Crippen molar-refractivity contribution in [2.75, 3.05) is 6.54 Å². The molecule has 3 N–H and O–H groups in total. The third kappa shape index (κ3) is 4.46. The van der Waals surface area contributed by atoms with Gasteiger partial charge in [0.25, 0.3) is 0 Å². The highest BCUT2D eigenvalue weighted by Gasteiger charge is 2.36. The lowest BCUT2D eigenvalue weighted by Crippen LogP contribution is -2.44. The largest absolute Gasteiger partial charge is 0.355 e. The van der Waals surface area contributed by atoms with E-state index < -0.39 is 0 Å². The van der Waals surface area contributed by atoms with Gasteiger partial charge < -0.3 is 11.1 Å². The van der Waals surface area contributed by atoms with Crippen molar-refractivity contribution in [3.05, 3.63) is 34.3 Å². The number of carbonyl (C=O) groups is 1. The Kier molecular flexibility index (Phi) is 7.36. The van der Waals surface area contributed by atoms with Crippen molar-refractivity contribution in [1.82, 2.24) is 5.32 Å². The summed E-state index contributed by atoms with van der Waals surface area (Å²) >= 11 is 3.49. The quantitative estimate of drug-likeness (QED) is 0.805. The average molecular weight is 390 g/mol. The van der Waals surface area contributed by atoms with Crippen LogP contribution in [0.5, 0.6) is 0 Å². The molecule has 0 aromatic heterocycles. The van der Waals surface area contributed by atoms with Crippen LogP contribution in [-0.2, 0) is 10.2 Å². The SMILES string of the molecule is CC(N)C(C)C(=O)NCC1(c2ccc(Br)cc2)CCCC1.Cl. The molecule has 1 saturated carbocycles. The van der Waals surface area contributed by atoms with E-state index in [9.17, 15) is 4.79 Å². The Hall–Kier alpha value is -0.580. The average Bonchev–Trinajstić information content (AvgIpc) is 2.94. The van der Waals surface area contributed by atoms with Crippen molar-refractivity contribution in [3.63, 3.8) is 0 Å². The van der Waals surface area contributed by atoms with Crippen LogP contribution in [0.15, 0.2) is 28.7 Å². The van der Waals surface area contributed by atoms with Gasteiger partial charge in [0.1, 0.15) is 0 Å². The fourth-order valence-corrected chi connectivity index (χ4v) is 3.34. The molecule has 2 rings (SSSR count). The first-order valence-corrected chi connectivity index (χ1v) is 8.53. The van der Waals surface area contributed by atoms with Gasteiger partial charge in [-0.2, -0.15) is 0 Å². The maximum atomic E-state index is 12.2. The molecule has 1 amide bonds. The third-order valence-corrected chi connectivity index (χ3v) is 5.35. The highest BCUT2D eigenvalue weighted by Crippen LogP contribution is 2.41. The monoisotopic (exact) mass is 388 g/mol. The van der Waals surface area contributed by atoms with Gasteiger partial charge in [0.2, 0.25) is 5.91 Å². The second-order valence-corrected chi connectivity index (χ2v) is 7.28. The minimum absolute atomic E-state index is 0. The lowest BCUT2D eigenvalue weighted by molar-refractivity contribution is -0.125. The first-order chi connectivity index (χ1) is 9.94. The first kappa shape index (κ1) is 19.5. The molecule has 0 aliphatic heterocycles. The summed E-state index contributed by atoms with van der Waals surface area (Å²) < 4.78 is 1.09. The van der Waals surface area contributed by atoms with Gasteiger partial charge in [-0.3, -0.25) is 4.79 Å². The fourth-order valence-electron chi connectivity index (χ4n) is 3.08. The number of hydrogen-bond donors (Lipinski definition) is 2. The van der Waals surface area contributed by atoms with Gasteiger partial charge >= 0.3 is 0 Å². The number of benzene rings is 1. The summed E-state index contributed by atoms with van der Waals surface area (Å²) in [4.78, 5) is 12.2. The van der Waals surface area contributed by atoms with Crippen LogP contribution in [0, 0.1) is 5.92 Å². The number of hydrogen-bond acceptors (Lipinski definition) is 2. The minimum atomic E-state index is -0.145. The van der Waals surface area contributed by atoms with E-state index in [-0.39, 0.29) is 35.7 Å². The molecule has 0 spiro atoms. The zero-order valence-electron chi connectivity index (χ0n) is 13.3. The summed E-state index contributed by atoms with van der Waals surface area (Å²) in [6.45, 7) is 4.48. The molecular formula is C17H26BrClN2O. The molecule has 1 fully saturated rings. The molecule has 2 atom stereocenters. The molecule has 1 aromatic carbocycles. The Morgan fingerprint density at radius 3 is 2.32 bits per heavy atom. The maximum absolute atomic E-state index is 12.2. The predicted octanol–water partition coefficient (Wildman–Crippen LogP) is 3.78. The molecule has 5 heteroatoms. The molecule has 2 unspecified atom stereocenters. The normalized spacial score (nSPS) is 19.1. The zero-order chi connectivity index (χ0) is 15.5. The Labute approximate surface area is 148 Å². The molecule has 1 aromatic rings. The number of nitrogens with one attached hydrogen (secondary N) is 1. The zero-order valence-corrected chi connectivity index (χ0v) is 15.7. The molecule has 1 aliphatic rings. The van der Waals surface area contributed by atoms with Gasteiger partial charge in [-0.05, 0) is 37.5 Å². The summed E-state index contributed by atoms with van der Waals surface area (Å²) in [6, 6.07) is 8.41. The number of amides is 1. The van der Waals surface area contributed by atoms with E-state index in [1.54, 1.807) is 0 Å². The van der Waals surface area contributed by atoms with E-state index in [0.717, 1.165) is 17.3 Å². The standard InChI is InChI=1S/C17H25BrN2O.ClH/c1-12(13(2)19)16(21)20-11-17(9-3-4-10-17)14-5-7-15(18)8-6-14;/h5-8,12-13H,3-4,9-11,19H2,1-2H3,(H,20,21);1H. The minimum Gasteiger partial charge on any atom is -0.355 e. The van der Waals surface area contributed by atoms with Gasteiger partial charge in [0, 0.05) is 28.4 Å². The Balaban J connectivity index is 0.00000242. The van der Waals surface area contributed by atoms with Crippen molar-refractivity contribution >= 4 is 34.2 Å². The van der Waals surface area contributed by atoms with Crippen LogP contribution < -0.4 is 11.1 Å². The van der Waals surface area contributed by atoms with Gasteiger partial charge in [-0.1, -0.05) is 47.8 Å². The molecule has 1 aliphatic carbocycles. The van der Waals surface area contributed by atoms with E-state index in [1.807, 2.05) is 13.8 Å². The van der Waals surface area contributed by atoms with Crippen LogP contribution in [0.4, 0.5) is 0 Å². The van der Waals surface area contributed by atoms with Crippen LogP contribution in [0.1, 0.15) is 45.1 Å². The number of nitrogens with two attached hydrogens (primary N) is 1.